The molecule has 2 N–H and O–H groups in total. The summed E-state index contributed by atoms with van der Waals surface area (Å²) in [6.07, 6.45) is 0.0795. The Morgan fingerprint density at radius 2 is 2.19 bits per heavy atom. The Hall–Kier alpha value is -1.42. The Morgan fingerprint density at radius 1 is 1.50 bits per heavy atom. The lowest BCUT2D eigenvalue weighted by molar-refractivity contribution is -0.142. The Kier molecular flexibility index (Phi) is 4.43. The van der Waals surface area contributed by atoms with Gasteiger partial charge in [-0.25, -0.2) is 0 Å². The van der Waals surface area contributed by atoms with E-state index in [4.69, 9.17) is 26.8 Å². The number of anilines is 1. The second kappa shape index (κ2) is 5.61. The van der Waals surface area contributed by atoms with Crippen molar-refractivity contribution in [2.24, 2.45) is 0 Å². The van der Waals surface area contributed by atoms with Crippen LogP contribution in [-0.4, -0.2) is 19.7 Å². The molecule has 0 spiro atoms. The molecule has 0 bridgehead atoms. The van der Waals surface area contributed by atoms with E-state index in [-0.39, 0.29) is 12.4 Å². The Bertz CT molecular complexity index is 393. The average Bonchev–Trinajstić information content (AvgIpc) is 2.22. The molecule has 0 fully saturated rings. The normalized spacial score (nSPS) is 9.94. The van der Waals surface area contributed by atoms with Gasteiger partial charge in [-0.2, -0.15) is 0 Å². The largest absolute Gasteiger partial charge is 0.496 e. The van der Waals surface area contributed by atoms with Gasteiger partial charge in [-0.1, -0.05) is 11.6 Å². The molecule has 16 heavy (non-hydrogen) atoms. The highest BCUT2D eigenvalue weighted by Crippen LogP contribution is 2.30. The van der Waals surface area contributed by atoms with E-state index in [1.165, 1.54) is 7.11 Å². The minimum absolute atomic E-state index is 0.0795. The first-order valence-electron chi connectivity index (χ1n) is 4.86. The van der Waals surface area contributed by atoms with Crippen LogP contribution in [0.15, 0.2) is 12.1 Å². The molecule has 1 aromatic rings. The third-order valence-electron chi connectivity index (χ3n) is 2.02. The van der Waals surface area contributed by atoms with Gasteiger partial charge in [0, 0.05) is 17.3 Å². The smallest absolute Gasteiger partial charge is 0.310 e. The summed E-state index contributed by atoms with van der Waals surface area (Å²) < 4.78 is 9.96. The molecule has 0 unspecified atom stereocenters. The van der Waals surface area contributed by atoms with Crippen molar-refractivity contribution in [2.45, 2.75) is 13.3 Å². The highest BCUT2D eigenvalue weighted by atomic mass is 35.5. The number of ether oxygens (including phenoxy) is 2. The second-order valence-electron chi connectivity index (χ2n) is 3.17. The predicted octanol–water partition coefficient (Wildman–Crippen LogP) is 2.04. The van der Waals surface area contributed by atoms with Gasteiger partial charge < -0.3 is 15.2 Å². The van der Waals surface area contributed by atoms with Crippen molar-refractivity contribution in [3.05, 3.63) is 22.7 Å². The van der Waals surface area contributed by atoms with Crippen LogP contribution >= 0.6 is 11.6 Å². The highest BCUT2D eigenvalue weighted by Gasteiger charge is 2.14. The lowest BCUT2D eigenvalue weighted by Gasteiger charge is -2.11. The maximum Gasteiger partial charge on any atom is 0.310 e. The summed E-state index contributed by atoms with van der Waals surface area (Å²) in [6, 6.07) is 3.21. The van der Waals surface area contributed by atoms with Crippen LogP contribution < -0.4 is 10.5 Å². The molecule has 88 valence electrons. The molecule has 0 aromatic heterocycles. The van der Waals surface area contributed by atoms with Gasteiger partial charge in [-0.05, 0) is 13.0 Å². The number of esters is 1. The molecule has 0 radical (unpaired) electrons. The Balaban J connectivity index is 2.98. The average molecular weight is 244 g/mol. The molecule has 1 rings (SSSR count). The van der Waals surface area contributed by atoms with Gasteiger partial charge in [0.2, 0.25) is 0 Å². The van der Waals surface area contributed by atoms with Crippen molar-refractivity contribution in [3.63, 3.8) is 0 Å². The van der Waals surface area contributed by atoms with Crippen LogP contribution in [0.1, 0.15) is 12.5 Å². The summed E-state index contributed by atoms with van der Waals surface area (Å²) in [4.78, 5) is 11.4. The highest BCUT2D eigenvalue weighted by molar-refractivity contribution is 6.32. The SMILES string of the molecule is CCOC(=O)Cc1c(Cl)cc(N)cc1OC. The van der Waals surface area contributed by atoms with Crippen molar-refractivity contribution in [2.75, 3.05) is 19.5 Å². The maximum absolute atomic E-state index is 11.4. The Labute approximate surface area is 99.3 Å². The summed E-state index contributed by atoms with van der Waals surface area (Å²) >= 11 is 5.99. The van der Waals surface area contributed by atoms with Crippen molar-refractivity contribution in [3.8, 4) is 5.75 Å². The van der Waals surface area contributed by atoms with Crippen molar-refractivity contribution in [1.29, 1.82) is 0 Å². The first-order chi connectivity index (χ1) is 7.58. The number of benzene rings is 1. The standard InChI is InChI=1S/C11H14ClNO3/c1-3-16-11(14)6-8-9(12)4-7(13)5-10(8)15-2/h4-5H,3,6,13H2,1-2H3. The molecule has 0 amide bonds. The van der Waals surface area contributed by atoms with Gasteiger partial charge in [0.1, 0.15) is 5.75 Å². The fourth-order valence-corrected chi connectivity index (χ4v) is 1.63. The monoisotopic (exact) mass is 243 g/mol. The van der Waals surface area contributed by atoms with Gasteiger partial charge in [0.05, 0.1) is 25.2 Å². The summed E-state index contributed by atoms with van der Waals surface area (Å²) in [5.41, 5.74) is 6.70. The number of methoxy groups -OCH3 is 1. The minimum atomic E-state index is -0.340. The summed E-state index contributed by atoms with van der Waals surface area (Å²) in [6.45, 7) is 2.09. The molecule has 0 saturated heterocycles. The quantitative estimate of drug-likeness (QED) is 0.649. The summed E-state index contributed by atoms with van der Waals surface area (Å²) in [5, 5.41) is 0.407. The number of hydrogen-bond donors (Lipinski definition) is 1. The van der Waals surface area contributed by atoms with Crippen molar-refractivity contribution in [1.82, 2.24) is 0 Å². The van der Waals surface area contributed by atoms with Gasteiger partial charge in [-0.3, -0.25) is 4.79 Å². The molecule has 1 aromatic carbocycles. The molecule has 0 aliphatic rings. The predicted molar refractivity (Wildman–Crippen MR) is 62.8 cm³/mol. The van der Waals surface area contributed by atoms with Crippen molar-refractivity contribution >= 4 is 23.3 Å². The number of hydrogen-bond acceptors (Lipinski definition) is 4. The molecule has 0 heterocycles. The summed E-state index contributed by atoms with van der Waals surface area (Å²) in [5.74, 6) is 0.158. The van der Waals surface area contributed by atoms with Crippen LogP contribution in [0.25, 0.3) is 0 Å². The second-order valence-corrected chi connectivity index (χ2v) is 3.57. The number of carbonyl (C=O) groups is 1. The van der Waals surface area contributed by atoms with E-state index < -0.39 is 0 Å². The van der Waals surface area contributed by atoms with Gasteiger partial charge >= 0.3 is 5.97 Å². The molecule has 4 nitrogen and oxygen atoms in total. The number of carbonyl (C=O) groups excluding carboxylic acids is 1. The number of rotatable bonds is 4. The topological polar surface area (TPSA) is 61.5 Å². The lowest BCUT2D eigenvalue weighted by atomic mass is 10.1. The van der Waals surface area contributed by atoms with E-state index in [1.807, 2.05) is 0 Å². The van der Waals surface area contributed by atoms with Gasteiger partial charge in [-0.15, -0.1) is 0 Å². The van der Waals surface area contributed by atoms with Crippen LogP contribution in [0, 0.1) is 0 Å². The van der Waals surface area contributed by atoms with Gasteiger partial charge in [0.25, 0.3) is 0 Å². The Morgan fingerprint density at radius 3 is 2.75 bits per heavy atom. The van der Waals surface area contributed by atoms with E-state index >= 15 is 0 Å². The van der Waals surface area contributed by atoms with E-state index in [0.717, 1.165) is 0 Å². The van der Waals surface area contributed by atoms with E-state index in [2.05, 4.69) is 0 Å². The fourth-order valence-electron chi connectivity index (χ4n) is 1.34. The zero-order valence-corrected chi connectivity index (χ0v) is 10.0. The molecular formula is C11H14ClNO3. The zero-order chi connectivity index (χ0) is 12.1. The van der Waals surface area contributed by atoms with E-state index in [0.29, 0.717) is 28.6 Å². The number of halogens is 1. The van der Waals surface area contributed by atoms with Crippen LogP contribution in [-0.2, 0) is 16.0 Å². The maximum atomic E-state index is 11.4. The van der Waals surface area contributed by atoms with Crippen molar-refractivity contribution < 1.29 is 14.3 Å². The van der Waals surface area contributed by atoms with Crippen LogP contribution in [0.5, 0.6) is 5.75 Å². The van der Waals surface area contributed by atoms with E-state index in [9.17, 15) is 4.79 Å². The van der Waals surface area contributed by atoms with Crippen LogP contribution in [0.3, 0.4) is 0 Å². The third-order valence-corrected chi connectivity index (χ3v) is 2.36. The van der Waals surface area contributed by atoms with E-state index in [1.54, 1.807) is 19.1 Å². The zero-order valence-electron chi connectivity index (χ0n) is 9.25. The third kappa shape index (κ3) is 3.03. The van der Waals surface area contributed by atoms with Crippen LogP contribution in [0.4, 0.5) is 5.69 Å². The number of nitrogen functional groups attached to an aromatic ring is 1. The molecule has 0 saturated carbocycles. The molecule has 5 heteroatoms. The molecular weight excluding hydrogens is 230 g/mol. The first kappa shape index (κ1) is 12.6. The van der Waals surface area contributed by atoms with Crippen LogP contribution in [0.2, 0.25) is 5.02 Å². The molecule has 0 aliphatic heterocycles. The first-order valence-corrected chi connectivity index (χ1v) is 5.23. The fraction of sp³-hybridized carbons (Fsp3) is 0.364. The van der Waals surface area contributed by atoms with Gasteiger partial charge in [0.15, 0.2) is 0 Å². The lowest BCUT2D eigenvalue weighted by Crippen LogP contribution is -2.09. The summed E-state index contributed by atoms with van der Waals surface area (Å²) in [7, 11) is 1.50. The molecule has 0 aliphatic carbocycles. The molecule has 0 atom stereocenters. The number of nitrogens with two attached hydrogens (primary N) is 1. The minimum Gasteiger partial charge on any atom is -0.496 e.